The molecule has 0 spiro atoms. The zero-order chi connectivity index (χ0) is 19.2. The lowest BCUT2D eigenvalue weighted by Gasteiger charge is -2.37. The van der Waals surface area contributed by atoms with Gasteiger partial charge in [-0.15, -0.1) is 0 Å². The van der Waals surface area contributed by atoms with Gasteiger partial charge in [0.15, 0.2) is 11.6 Å². The fourth-order valence-electron chi connectivity index (χ4n) is 3.86. The van der Waals surface area contributed by atoms with Gasteiger partial charge in [-0.3, -0.25) is 9.69 Å². The molecule has 0 saturated carbocycles. The second-order valence-electron chi connectivity index (χ2n) is 7.88. The van der Waals surface area contributed by atoms with Gasteiger partial charge < -0.3 is 5.11 Å². The Hall–Kier alpha value is -1.43. The van der Waals surface area contributed by atoms with Crippen molar-refractivity contribution in [3.05, 3.63) is 35.4 Å². The van der Waals surface area contributed by atoms with Crippen LogP contribution in [0.5, 0.6) is 0 Å². The first-order valence-electron chi connectivity index (χ1n) is 9.77. The first-order chi connectivity index (χ1) is 12.4. The number of halogens is 2. The van der Waals surface area contributed by atoms with Crippen LogP contribution >= 0.6 is 0 Å². The molecule has 0 amide bonds. The number of hydrogen-bond donors (Lipinski definition) is 1. The van der Waals surface area contributed by atoms with E-state index < -0.39 is 22.9 Å². The number of likely N-dealkylation sites (tertiary alicyclic amines) is 1. The Labute approximate surface area is 156 Å². The molecule has 2 unspecified atom stereocenters. The number of hydrogen-bond acceptors (Lipinski definition) is 2. The Morgan fingerprint density at radius 2 is 2.08 bits per heavy atom. The van der Waals surface area contributed by atoms with Gasteiger partial charge in [0.25, 0.3) is 0 Å². The number of piperidine rings is 1. The molecule has 1 aromatic rings. The molecule has 3 nitrogen and oxygen atoms in total. The van der Waals surface area contributed by atoms with Crippen molar-refractivity contribution in [3.8, 4) is 0 Å². The van der Waals surface area contributed by atoms with Crippen LogP contribution in [0.4, 0.5) is 8.78 Å². The quantitative estimate of drug-likeness (QED) is 0.668. The van der Waals surface area contributed by atoms with E-state index in [2.05, 4.69) is 11.8 Å². The van der Waals surface area contributed by atoms with Crippen LogP contribution in [-0.2, 0) is 11.3 Å². The van der Waals surface area contributed by atoms with Crippen molar-refractivity contribution in [2.45, 2.75) is 76.2 Å². The zero-order valence-electron chi connectivity index (χ0n) is 15.9. The van der Waals surface area contributed by atoms with E-state index in [1.165, 1.54) is 12.1 Å². The van der Waals surface area contributed by atoms with Crippen LogP contribution in [0.2, 0.25) is 5.31 Å². The summed E-state index contributed by atoms with van der Waals surface area (Å²) in [6.07, 6.45) is 7.36. The molecule has 6 heteroatoms. The molecular formula is C20H30BF2NO2. The van der Waals surface area contributed by atoms with Gasteiger partial charge in [-0.1, -0.05) is 32.3 Å². The lowest BCUT2D eigenvalue weighted by atomic mass is 9.62. The Kier molecular flexibility index (Phi) is 7.62. The van der Waals surface area contributed by atoms with Gasteiger partial charge in [0.1, 0.15) is 7.85 Å². The molecule has 1 saturated heterocycles. The lowest BCUT2D eigenvalue weighted by molar-refractivity contribution is -0.141. The number of carbonyl (C=O) groups is 1. The highest BCUT2D eigenvalue weighted by atomic mass is 19.2. The molecule has 144 valence electrons. The van der Waals surface area contributed by atoms with Crippen molar-refractivity contribution < 1.29 is 18.7 Å². The Morgan fingerprint density at radius 1 is 1.31 bits per heavy atom. The molecule has 0 radical (unpaired) electrons. The maximum Gasteiger partial charge on any atom is 0.301 e. The summed E-state index contributed by atoms with van der Waals surface area (Å²) in [5.41, 5.74) is 0.766. The summed E-state index contributed by atoms with van der Waals surface area (Å²) >= 11 is 0. The van der Waals surface area contributed by atoms with Crippen LogP contribution in [-0.4, -0.2) is 36.4 Å². The molecule has 2 atom stereocenters. The maximum atomic E-state index is 13.5. The van der Waals surface area contributed by atoms with E-state index in [4.69, 9.17) is 0 Å². The minimum absolute atomic E-state index is 0.303. The van der Waals surface area contributed by atoms with E-state index >= 15 is 0 Å². The molecule has 1 aliphatic rings. The number of rotatable bonds is 9. The summed E-state index contributed by atoms with van der Waals surface area (Å²) in [6, 6.07) is 4.38. The van der Waals surface area contributed by atoms with Crippen molar-refractivity contribution in [3.63, 3.8) is 0 Å². The molecule has 1 aromatic carbocycles. The number of benzene rings is 1. The van der Waals surface area contributed by atoms with E-state index in [-0.39, 0.29) is 0 Å². The van der Waals surface area contributed by atoms with Gasteiger partial charge >= 0.3 is 5.97 Å². The van der Waals surface area contributed by atoms with Crippen molar-refractivity contribution in [1.82, 2.24) is 4.90 Å². The van der Waals surface area contributed by atoms with Crippen LogP contribution < -0.4 is 0 Å². The van der Waals surface area contributed by atoms with Crippen LogP contribution in [0.3, 0.4) is 0 Å². The molecule has 1 aliphatic heterocycles. The van der Waals surface area contributed by atoms with E-state index in [9.17, 15) is 18.7 Å². The standard InChI is InChI=1S/C20H30BF2NO2/c1-2-3-10-20(21,19(25)26)11-9-16-6-4-5-12-24(16)14-15-7-8-17(22)18(23)13-15/h7-8,13,16H,2-6,9-12,14,21H2,1H3,(H,25,26). The Morgan fingerprint density at radius 3 is 2.73 bits per heavy atom. The van der Waals surface area contributed by atoms with Gasteiger partial charge in [0.2, 0.25) is 0 Å². The number of aliphatic carboxylic acids is 1. The third kappa shape index (κ3) is 5.53. The minimum Gasteiger partial charge on any atom is -0.481 e. The average Bonchev–Trinajstić information content (AvgIpc) is 2.62. The molecule has 1 N–H and O–H groups in total. The van der Waals surface area contributed by atoms with Gasteiger partial charge in [-0.05, 0) is 56.3 Å². The molecule has 0 aromatic heterocycles. The van der Waals surface area contributed by atoms with Crippen LogP contribution in [0.1, 0.15) is 63.9 Å². The average molecular weight is 365 g/mol. The van der Waals surface area contributed by atoms with Crippen LogP contribution in [0.15, 0.2) is 18.2 Å². The van der Waals surface area contributed by atoms with E-state index in [1.807, 2.05) is 7.85 Å². The second kappa shape index (κ2) is 9.49. The highest BCUT2D eigenvalue weighted by Crippen LogP contribution is 2.37. The number of nitrogens with zero attached hydrogens (tertiary/aromatic N) is 1. The van der Waals surface area contributed by atoms with E-state index in [0.29, 0.717) is 25.4 Å². The fraction of sp³-hybridized carbons (Fsp3) is 0.650. The van der Waals surface area contributed by atoms with E-state index in [0.717, 1.165) is 50.6 Å². The molecule has 0 bridgehead atoms. The Balaban J connectivity index is 2.01. The molecular weight excluding hydrogens is 335 g/mol. The largest absolute Gasteiger partial charge is 0.481 e. The fourth-order valence-corrected chi connectivity index (χ4v) is 3.86. The minimum atomic E-state index is -0.822. The van der Waals surface area contributed by atoms with Gasteiger partial charge in [-0.2, -0.15) is 0 Å². The van der Waals surface area contributed by atoms with Gasteiger partial charge in [0.05, 0.1) is 0 Å². The maximum absolute atomic E-state index is 13.5. The smallest absolute Gasteiger partial charge is 0.301 e. The second-order valence-corrected chi connectivity index (χ2v) is 7.88. The molecule has 2 rings (SSSR count). The predicted molar refractivity (Wildman–Crippen MR) is 102 cm³/mol. The highest BCUT2D eigenvalue weighted by molar-refractivity contribution is 6.26. The summed E-state index contributed by atoms with van der Waals surface area (Å²) in [4.78, 5) is 14.1. The summed E-state index contributed by atoms with van der Waals surface area (Å²) in [7, 11) is 1.85. The summed E-state index contributed by atoms with van der Waals surface area (Å²) in [5, 5.41) is 8.98. The predicted octanol–water partition coefficient (Wildman–Crippen LogP) is 4.17. The highest BCUT2D eigenvalue weighted by Gasteiger charge is 2.34. The first-order valence-corrected chi connectivity index (χ1v) is 9.77. The summed E-state index contributed by atoms with van der Waals surface area (Å²) < 4.78 is 26.6. The Bertz CT molecular complexity index is 613. The topological polar surface area (TPSA) is 40.5 Å². The van der Waals surface area contributed by atoms with Crippen molar-refractivity contribution in [2.75, 3.05) is 6.54 Å². The molecule has 0 aliphatic carbocycles. The summed E-state index contributed by atoms with van der Waals surface area (Å²) in [6.45, 7) is 3.58. The number of carboxylic acid groups (broad SMARTS) is 1. The zero-order valence-corrected chi connectivity index (χ0v) is 15.9. The third-order valence-electron chi connectivity index (χ3n) is 5.75. The normalized spacial score (nSPS) is 20.7. The number of unbranched alkanes of at least 4 members (excludes halogenated alkanes) is 1. The molecule has 26 heavy (non-hydrogen) atoms. The lowest BCUT2D eigenvalue weighted by Crippen LogP contribution is -2.40. The van der Waals surface area contributed by atoms with Crippen molar-refractivity contribution in [2.24, 2.45) is 0 Å². The third-order valence-corrected chi connectivity index (χ3v) is 5.75. The van der Waals surface area contributed by atoms with Crippen molar-refractivity contribution in [1.29, 1.82) is 0 Å². The molecule has 1 fully saturated rings. The monoisotopic (exact) mass is 365 g/mol. The van der Waals surface area contributed by atoms with Crippen molar-refractivity contribution >= 4 is 13.8 Å². The van der Waals surface area contributed by atoms with Gasteiger partial charge in [0, 0.05) is 17.9 Å². The van der Waals surface area contributed by atoms with E-state index in [1.54, 1.807) is 6.07 Å². The van der Waals surface area contributed by atoms with Gasteiger partial charge in [-0.25, -0.2) is 8.78 Å². The summed E-state index contributed by atoms with van der Waals surface area (Å²) in [5.74, 6) is -2.35. The van der Waals surface area contributed by atoms with Crippen LogP contribution in [0, 0.1) is 11.6 Å². The SMILES string of the molecule is BC(CCCC)(CCC1CCCCN1Cc1ccc(F)c(F)c1)C(=O)O. The molecule has 1 heterocycles. The number of carboxylic acids is 1. The van der Waals surface area contributed by atoms with Crippen LogP contribution in [0.25, 0.3) is 0 Å². The first kappa shape index (κ1) is 20.9.